The lowest BCUT2D eigenvalue weighted by Gasteiger charge is -2.18. The highest BCUT2D eigenvalue weighted by Crippen LogP contribution is 2.46. The molecule has 0 aliphatic rings. The third-order valence-electron chi connectivity index (χ3n) is 7.22. The summed E-state index contributed by atoms with van der Waals surface area (Å²) in [5.41, 5.74) is 0.120. The van der Waals surface area contributed by atoms with E-state index in [1.54, 1.807) is 20.8 Å². The number of ether oxygens (including phenoxy) is 1. The number of azo groups is 2. The first-order valence-corrected chi connectivity index (χ1v) is 18.8. The number of phenolic OH excluding ortho intramolecular Hbond substituents is 1. The molecule has 0 aliphatic heterocycles. The first-order valence-electron chi connectivity index (χ1n) is 14.5. The Morgan fingerprint density at radius 1 is 0.820 bits per heavy atom. The predicted octanol–water partition coefficient (Wildman–Crippen LogP) is 6.18. The van der Waals surface area contributed by atoms with E-state index in [9.17, 15) is 44.3 Å². The van der Waals surface area contributed by atoms with E-state index in [1.165, 1.54) is 47.8 Å². The number of rotatable bonds is 12. The van der Waals surface area contributed by atoms with Gasteiger partial charge in [0.15, 0.2) is 5.75 Å². The normalized spacial score (nSPS) is 12.7. The molecular weight excluding hydrogens is 717 g/mol. The molecule has 0 aliphatic carbocycles. The number of aryl methyl sites for hydroxylation is 1. The van der Waals surface area contributed by atoms with Crippen LogP contribution in [0.5, 0.6) is 11.5 Å². The van der Waals surface area contributed by atoms with Crippen molar-refractivity contribution in [2.24, 2.45) is 20.5 Å². The summed E-state index contributed by atoms with van der Waals surface area (Å²) in [5.74, 6) is -1.51. The number of nitrogens with one attached hydrogen (secondary N) is 1. The second-order valence-corrected chi connectivity index (χ2v) is 15.3. The summed E-state index contributed by atoms with van der Waals surface area (Å²) in [6.07, 6.45) is 0. The molecule has 0 bridgehead atoms. The van der Waals surface area contributed by atoms with E-state index in [0.717, 1.165) is 25.1 Å². The van der Waals surface area contributed by atoms with Gasteiger partial charge in [-0.25, -0.2) is 8.42 Å². The highest BCUT2D eigenvalue weighted by molar-refractivity contribution is 7.89. The van der Waals surface area contributed by atoms with Gasteiger partial charge in [-0.05, 0) is 66.4 Å². The van der Waals surface area contributed by atoms with Crippen molar-refractivity contribution in [1.82, 2.24) is 4.31 Å². The topological polar surface area (TPSA) is 254 Å². The third-order valence-corrected chi connectivity index (χ3v) is 11.0. The first-order chi connectivity index (χ1) is 23.3. The number of fused-ring (bicyclic) bond motifs is 1. The molecule has 1 amide bonds. The lowest BCUT2D eigenvalue weighted by molar-refractivity contribution is -0.114. The van der Waals surface area contributed by atoms with Crippen LogP contribution >= 0.6 is 0 Å². The number of methoxy groups -OCH3 is 1. The summed E-state index contributed by atoms with van der Waals surface area (Å²) in [7, 11) is -12.3. The molecular formula is C30H32N6O11S3. The van der Waals surface area contributed by atoms with Gasteiger partial charge in [-0.1, -0.05) is 13.8 Å². The molecule has 266 valence electrons. The molecule has 0 unspecified atom stereocenters. The van der Waals surface area contributed by atoms with Crippen LogP contribution in [0.3, 0.4) is 0 Å². The molecule has 0 heterocycles. The maximum Gasteiger partial charge on any atom is 0.296 e. The van der Waals surface area contributed by atoms with Gasteiger partial charge in [0.05, 0.1) is 34.0 Å². The molecule has 0 radical (unpaired) electrons. The lowest BCUT2D eigenvalue weighted by atomic mass is 10.1. The van der Waals surface area contributed by atoms with Crippen LogP contribution in [0.4, 0.5) is 28.4 Å². The van der Waals surface area contributed by atoms with Crippen LogP contribution in [0, 0.1) is 6.92 Å². The van der Waals surface area contributed by atoms with Crippen molar-refractivity contribution in [3.05, 3.63) is 60.2 Å². The summed E-state index contributed by atoms with van der Waals surface area (Å²) >= 11 is 0. The van der Waals surface area contributed by atoms with Crippen LogP contribution in [0.1, 0.15) is 26.3 Å². The molecule has 50 heavy (non-hydrogen) atoms. The molecule has 4 aromatic rings. The number of aromatic hydroxyl groups is 1. The minimum atomic E-state index is -5.13. The Bertz CT molecular complexity index is 2380. The fraction of sp³-hybridized carbons (Fsp3) is 0.233. The quantitative estimate of drug-likeness (QED) is 0.0940. The molecule has 0 aromatic heterocycles. The van der Waals surface area contributed by atoms with Gasteiger partial charge in [-0.15, -0.1) is 10.2 Å². The highest BCUT2D eigenvalue weighted by atomic mass is 32.2. The van der Waals surface area contributed by atoms with E-state index in [2.05, 4.69) is 25.8 Å². The van der Waals surface area contributed by atoms with Crippen LogP contribution in [-0.2, 0) is 35.1 Å². The van der Waals surface area contributed by atoms with E-state index < -0.39 is 57.4 Å². The maximum atomic E-state index is 12.8. The Balaban J connectivity index is 1.77. The molecule has 0 atom stereocenters. The highest BCUT2D eigenvalue weighted by Gasteiger charge is 2.26. The van der Waals surface area contributed by atoms with Gasteiger partial charge < -0.3 is 15.2 Å². The summed E-state index contributed by atoms with van der Waals surface area (Å²) in [6.45, 7) is 6.87. The van der Waals surface area contributed by atoms with Gasteiger partial charge in [0.2, 0.25) is 15.9 Å². The van der Waals surface area contributed by atoms with Gasteiger partial charge in [0.25, 0.3) is 20.2 Å². The predicted molar refractivity (Wildman–Crippen MR) is 182 cm³/mol. The van der Waals surface area contributed by atoms with Crippen molar-refractivity contribution in [2.45, 2.75) is 42.4 Å². The molecule has 17 nitrogen and oxygen atoms in total. The molecule has 4 N–H and O–H groups in total. The number of amides is 1. The van der Waals surface area contributed by atoms with Gasteiger partial charge in [-0.2, -0.15) is 31.4 Å². The summed E-state index contributed by atoms with van der Waals surface area (Å²) in [5, 5.41) is 29.2. The molecule has 0 fully saturated rings. The SMILES string of the molecule is CCN(CC)S(=O)(=O)c1ccc(/N=N/c2cc(OC)c(/N=N/c3c(S(=O)(=O)O)cc4cc(S(=O)(=O)O)cc(NC(C)=O)c4c3O)cc2C)cc1. The lowest BCUT2D eigenvalue weighted by Crippen LogP contribution is -2.30. The van der Waals surface area contributed by atoms with Gasteiger partial charge in [-0.3, -0.25) is 13.9 Å². The fourth-order valence-electron chi connectivity index (χ4n) is 4.81. The zero-order valence-corrected chi connectivity index (χ0v) is 29.6. The van der Waals surface area contributed by atoms with Crippen LogP contribution < -0.4 is 10.1 Å². The van der Waals surface area contributed by atoms with Crippen LogP contribution in [0.2, 0.25) is 0 Å². The first kappa shape index (κ1) is 38.0. The van der Waals surface area contributed by atoms with Crippen molar-refractivity contribution < 1.29 is 49.0 Å². The number of nitrogens with zero attached hydrogens (tertiary/aromatic N) is 5. The van der Waals surface area contributed by atoms with Crippen LogP contribution in [0.25, 0.3) is 10.8 Å². The van der Waals surface area contributed by atoms with Crippen LogP contribution in [0.15, 0.2) is 89.7 Å². The minimum absolute atomic E-state index is 0.0273. The largest absolute Gasteiger partial charge is 0.505 e. The molecule has 0 saturated heterocycles. The summed E-state index contributed by atoms with van der Waals surface area (Å²) in [4.78, 5) is 10.3. The van der Waals surface area contributed by atoms with Gasteiger partial charge >= 0.3 is 0 Å². The Kier molecular flexibility index (Phi) is 11.0. The van der Waals surface area contributed by atoms with E-state index in [0.29, 0.717) is 30.0 Å². The molecule has 4 rings (SSSR count). The Labute approximate surface area is 287 Å². The number of sulfonamides is 1. The zero-order valence-electron chi connectivity index (χ0n) is 27.2. The van der Waals surface area contributed by atoms with Gasteiger partial charge in [0.1, 0.15) is 22.0 Å². The molecule has 20 heteroatoms. The van der Waals surface area contributed by atoms with E-state index >= 15 is 0 Å². The van der Waals surface area contributed by atoms with Crippen molar-refractivity contribution >= 4 is 75.4 Å². The average Bonchev–Trinajstić information content (AvgIpc) is 3.03. The van der Waals surface area contributed by atoms with Crippen molar-refractivity contribution in [2.75, 3.05) is 25.5 Å². The molecule has 4 aromatic carbocycles. The number of hydrogen-bond donors (Lipinski definition) is 4. The standard InChI is InChI=1S/C30H32N6O11S3/c1-6-36(7-2)48(39,40)21-10-8-20(9-11-21)32-33-23-16-26(47-5)24(12-17(23)3)34-35-29-27(50(44,45)46)14-19-13-22(49(41,42)43)15-25(31-18(4)37)28(19)30(29)38/h8-16,38H,6-7H2,1-5H3,(H,31,37)(H,41,42,43)(H,44,45,46)/b33-32+,35-34+. The second kappa shape index (κ2) is 14.5. The van der Waals surface area contributed by atoms with Crippen molar-refractivity contribution in [1.29, 1.82) is 0 Å². The summed E-state index contributed by atoms with van der Waals surface area (Å²) in [6, 6.07) is 11.2. The summed E-state index contributed by atoms with van der Waals surface area (Å²) < 4.78 is 100. The molecule has 0 saturated carbocycles. The number of hydrogen-bond acceptors (Lipinski definition) is 13. The van der Waals surface area contributed by atoms with E-state index in [4.69, 9.17) is 4.74 Å². The Morgan fingerprint density at radius 3 is 1.98 bits per heavy atom. The average molecular weight is 749 g/mol. The fourth-order valence-corrected chi connectivity index (χ4v) is 7.47. The third kappa shape index (κ3) is 8.12. The number of anilines is 1. The van der Waals surface area contributed by atoms with E-state index in [-0.39, 0.29) is 32.8 Å². The maximum absolute atomic E-state index is 12.8. The van der Waals surface area contributed by atoms with E-state index in [1.807, 2.05) is 0 Å². The number of carbonyl (C=O) groups excluding carboxylic acids is 1. The number of carbonyl (C=O) groups is 1. The second-order valence-electron chi connectivity index (χ2n) is 10.6. The van der Waals surface area contributed by atoms with Crippen LogP contribution in [-0.4, -0.2) is 69.9 Å². The van der Waals surface area contributed by atoms with Gasteiger partial charge in [0, 0.05) is 31.5 Å². The number of phenols is 1. The Hall–Kier alpha value is -4.86. The minimum Gasteiger partial charge on any atom is -0.505 e. The van der Waals surface area contributed by atoms with Crippen molar-refractivity contribution in [3.63, 3.8) is 0 Å². The monoisotopic (exact) mass is 748 g/mol. The van der Waals surface area contributed by atoms with Crippen molar-refractivity contribution in [3.8, 4) is 11.5 Å². The Morgan fingerprint density at radius 2 is 1.44 bits per heavy atom. The zero-order chi connectivity index (χ0) is 37.2. The smallest absolute Gasteiger partial charge is 0.296 e. The molecule has 0 spiro atoms. The number of benzene rings is 4.